The van der Waals surface area contributed by atoms with Gasteiger partial charge in [-0.3, -0.25) is 0 Å². The number of likely N-dealkylation sites (tertiary alicyclic amines) is 1. The standard InChI is InChI=1S/C14H20F3N3/c15-14(16,17)11-4-5-13(12(18)10-11)19-6-3-9-20-7-1-2-8-20/h4-5,10,19H,1-3,6-9,18H2. The summed E-state index contributed by atoms with van der Waals surface area (Å²) in [6.45, 7) is 4.05. The van der Waals surface area contributed by atoms with Crippen molar-refractivity contribution in [1.82, 2.24) is 4.90 Å². The van der Waals surface area contributed by atoms with Gasteiger partial charge in [-0.25, -0.2) is 0 Å². The lowest BCUT2D eigenvalue weighted by atomic mass is 10.1. The second-order valence-electron chi connectivity index (χ2n) is 5.13. The number of hydrogen-bond acceptors (Lipinski definition) is 3. The van der Waals surface area contributed by atoms with Crippen molar-refractivity contribution in [2.75, 3.05) is 37.2 Å². The lowest BCUT2D eigenvalue weighted by molar-refractivity contribution is -0.137. The molecule has 0 aromatic heterocycles. The van der Waals surface area contributed by atoms with Gasteiger partial charge in [-0.05, 0) is 57.1 Å². The Bertz CT molecular complexity index is 440. The first-order valence-corrected chi connectivity index (χ1v) is 6.90. The van der Waals surface area contributed by atoms with E-state index < -0.39 is 11.7 Å². The monoisotopic (exact) mass is 287 g/mol. The number of benzene rings is 1. The van der Waals surface area contributed by atoms with Gasteiger partial charge < -0.3 is 16.0 Å². The van der Waals surface area contributed by atoms with Crippen LogP contribution >= 0.6 is 0 Å². The molecule has 0 aliphatic carbocycles. The van der Waals surface area contributed by atoms with Crippen molar-refractivity contribution in [2.24, 2.45) is 0 Å². The van der Waals surface area contributed by atoms with E-state index in [2.05, 4.69) is 10.2 Å². The van der Waals surface area contributed by atoms with E-state index in [1.165, 1.54) is 18.9 Å². The molecule has 1 aromatic rings. The summed E-state index contributed by atoms with van der Waals surface area (Å²) >= 11 is 0. The fourth-order valence-corrected chi connectivity index (χ4v) is 2.43. The van der Waals surface area contributed by atoms with E-state index in [0.29, 0.717) is 12.2 Å². The average Bonchev–Trinajstić information content (AvgIpc) is 2.88. The normalized spacial score (nSPS) is 16.6. The van der Waals surface area contributed by atoms with Crippen LogP contribution in [0, 0.1) is 0 Å². The van der Waals surface area contributed by atoms with Gasteiger partial charge in [0.15, 0.2) is 0 Å². The molecule has 0 unspecified atom stereocenters. The molecule has 0 spiro atoms. The van der Waals surface area contributed by atoms with Crippen LogP contribution in [0.3, 0.4) is 0 Å². The van der Waals surface area contributed by atoms with E-state index >= 15 is 0 Å². The Kier molecular flexibility index (Phi) is 4.75. The van der Waals surface area contributed by atoms with Gasteiger partial charge in [-0.15, -0.1) is 0 Å². The summed E-state index contributed by atoms with van der Waals surface area (Å²) in [6.07, 6.45) is -0.860. The summed E-state index contributed by atoms with van der Waals surface area (Å²) < 4.78 is 37.5. The molecule has 0 saturated carbocycles. The molecule has 0 amide bonds. The van der Waals surface area contributed by atoms with Gasteiger partial charge in [-0.2, -0.15) is 13.2 Å². The van der Waals surface area contributed by atoms with Crippen LogP contribution in [0.25, 0.3) is 0 Å². The third-order valence-electron chi connectivity index (χ3n) is 3.54. The van der Waals surface area contributed by atoms with E-state index in [0.717, 1.165) is 38.2 Å². The zero-order valence-corrected chi connectivity index (χ0v) is 11.3. The van der Waals surface area contributed by atoms with Crippen LogP contribution < -0.4 is 11.1 Å². The average molecular weight is 287 g/mol. The fourth-order valence-electron chi connectivity index (χ4n) is 2.43. The second-order valence-corrected chi connectivity index (χ2v) is 5.13. The lowest BCUT2D eigenvalue weighted by Gasteiger charge is -2.16. The van der Waals surface area contributed by atoms with Gasteiger partial charge in [-0.1, -0.05) is 0 Å². The molecule has 1 aromatic carbocycles. The largest absolute Gasteiger partial charge is 0.416 e. The predicted molar refractivity (Wildman–Crippen MR) is 74.6 cm³/mol. The summed E-state index contributed by atoms with van der Waals surface area (Å²) in [4.78, 5) is 2.40. The second kappa shape index (κ2) is 6.35. The maximum atomic E-state index is 12.5. The van der Waals surface area contributed by atoms with Gasteiger partial charge >= 0.3 is 6.18 Å². The highest BCUT2D eigenvalue weighted by molar-refractivity contribution is 5.67. The highest BCUT2D eigenvalue weighted by Gasteiger charge is 2.30. The number of nitrogens with one attached hydrogen (secondary N) is 1. The topological polar surface area (TPSA) is 41.3 Å². The maximum absolute atomic E-state index is 12.5. The third-order valence-corrected chi connectivity index (χ3v) is 3.54. The van der Waals surface area contributed by atoms with Gasteiger partial charge in [0.1, 0.15) is 0 Å². The highest BCUT2D eigenvalue weighted by Crippen LogP contribution is 2.32. The van der Waals surface area contributed by atoms with Crippen LogP contribution in [0.5, 0.6) is 0 Å². The minimum absolute atomic E-state index is 0.140. The Morgan fingerprint density at radius 1 is 1.20 bits per heavy atom. The van der Waals surface area contributed by atoms with Crippen molar-refractivity contribution in [2.45, 2.75) is 25.4 Å². The molecule has 6 heteroatoms. The zero-order chi connectivity index (χ0) is 14.6. The Balaban J connectivity index is 1.80. The predicted octanol–water partition coefficient (Wildman–Crippen LogP) is 3.19. The van der Waals surface area contributed by atoms with Crippen molar-refractivity contribution in [1.29, 1.82) is 0 Å². The van der Waals surface area contributed by atoms with Gasteiger partial charge in [0.25, 0.3) is 0 Å². The molecule has 0 atom stereocenters. The molecule has 112 valence electrons. The van der Waals surface area contributed by atoms with Crippen LogP contribution in [0.15, 0.2) is 18.2 Å². The first-order chi connectivity index (χ1) is 9.47. The first-order valence-electron chi connectivity index (χ1n) is 6.90. The number of halogens is 3. The van der Waals surface area contributed by atoms with Crippen LogP contribution in [-0.2, 0) is 6.18 Å². The van der Waals surface area contributed by atoms with Crippen molar-refractivity contribution < 1.29 is 13.2 Å². The van der Waals surface area contributed by atoms with E-state index in [4.69, 9.17) is 5.73 Å². The maximum Gasteiger partial charge on any atom is 0.416 e. The number of nitrogens with zero attached hydrogens (tertiary/aromatic N) is 1. The van der Waals surface area contributed by atoms with Crippen molar-refractivity contribution in [3.05, 3.63) is 23.8 Å². The van der Waals surface area contributed by atoms with E-state index in [1.54, 1.807) is 0 Å². The third kappa shape index (κ3) is 4.03. The Hall–Kier alpha value is -1.43. The number of nitrogen functional groups attached to an aromatic ring is 1. The highest BCUT2D eigenvalue weighted by atomic mass is 19.4. The van der Waals surface area contributed by atoms with E-state index in [1.807, 2.05) is 0 Å². The van der Waals surface area contributed by atoms with Crippen LogP contribution in [0.1, 0.15) is 24.8 Å². The summed E-state index contributed by atoms with van der Waals surface area (Å²) in [5, 5.41) is 3.10. The van der Waals surface area contributed by atoms with Crippen molar-refractivity contribution >= 4 is 11.4 Å². The lowest BCUT2D eigenvalue weighted by Crippen LogP contribution is -2.22. The summed E-state index contributed by atoms with van der Waals surface area (Å²) in [5.41, 5.74) is 5.65. The number of nitrogens with two attached hydrogens (primary N) is 1. The molecule has 1 fully saturated rings. The molecule has 3 N–H and O–H groups in total. The smallest absolute Gasteiger partial charge is 0.397 e. The Labute approximate surface area is 116 Å². The van der Waals surface area contributed by atoms with Crippen LogP contribution in [-0.4, -0.2) is 31.1 Å². The number of rotatable bonds is 5. The summed E-state index contributed by atoms with van der Waals surface area (Å²) in [6, 6.07) is 3.43. The molecule has 20 heavy (non-hydrogen) atoms. The molecule has 0 bridgehead atoms. The minimum Gasteiger partial charge on any atom is -0.397 e. The number of alkyl halides is 3. The minimum atomic E-state index is -4.34. The molecule has 1 heterocycles. The quantitative estimate of drug-likeness (QED) is 0.645. The molecule has 1 aliphatic rings. The number of anilines is 2. The first kappa shape index (κ1) is 15.0. The van der Waals surface area contributed by atoms with Crippen molar-refractivity contribution in [3.63, 3.8) is 0 Å². The molecular formula is C14H20F3N3. The Morgan fingerprint density at radius 2 is 1.90 bits per heavy atom. The Morgan fingerprint density at radius 3 is 2.50 bits per heavy atom. The fraction of sp³-hybridized carbons (Fsp3) is 0.571. The molecule has 1 aliphatic heterocycles. The van der Waals surface area contributed by atoms with Gasteiger partial charge in [0, 0.05) is 6.54 Å². The summed E-state index contributed by atoms with van der Waals surface area (Å²) in [7, 11) is 0. The zero-order valence-electron chi connectivity index (χ0n) is 11.3. The van der Waals surface area contributed by atoms with E-state index in [-0.39, 0.29) is 5.69 Å². The molecular weight excluding hydrogens is 267 g/mol. The molecule has 2 rings (SSSR count). The van der Waals surface area contributed by atoms with Gasteiger partial charge in [0.2, 0.25) is 0 Å². The van der Waals surface area contributed by atoms with Crippen molar-refractivity contribution in [3.8, 4) is 0 Å². The van der Waals surface area contributed by atoms with Gasteiger partial charge in [0.05, 0.1) is 16.9 Å². The number of hydrogen-bond donors (Lipinski definition) is 2. The van der Waals surface area contributed by atoms with Crippen LogP contribution in [0.4, 0.5) is 24.5 Å². The molecule has 0 radical (unpaired) electrons. The molecule has 1 saturated heterocycles. The molecule has 3 nitrogen and oxygen atoms in total. The van der Waals surface area contributed by atoms with E-state index in [9.17, 15) is 13.2 Å². The SMILES string of the molecule is Nc1cc(C(F)(F)F)ccc1NCCCN1CCCC1. The van der Waals surface area contributed by atoms with Crippen LogP contribution in [0.2, 0.25) is 0 Å². The summed E-state index contributed by atoms with van der Waals surface area (Å²) in [5.74, 6) is 0.